The number of fused-ring (bicyclic) bond motifs is 2. The Morgan fingerprint density at radius 1 is 1.55 bits per heavy atom. The fourth-order valence-electron chi connectivity index (χ4n) is 2.06. The van der Waals surface area contributed by atoms with Crippen LogP contribution >= 0.6 is 0 Å². The summed E-state index contributed by atoms with van der Waals surface area (Å²) in [5.41, 5.74) is 5.41. The highest BCUT2D eigenvalue weighted by atomic mass is 32.2. The van der Waals surface area contributed by atoms with Crippen molar-refractivity contribution in [2.75, 3.05) is 12.3 Å². The van der Waals surface area contributed by atoms with Crippen LogP contribution in [0.1, 0.15) is 6.42 Å². The second-order valence-electron chi connectivity index (χ2n) is 3.31. The van der Waals surface area contributed by atoms with Gasteiger partial charge in [0.2, 0.25) is 0 Å². The number of rotatable bonds is 1. The molecule has 2 fully saturated rings. The van der Waals surface area contributed by atoms with Crippen LogP contribution in [-0.4, -0.2) is 38.0 Å². The van der Waals surface area contributed by atoms with Crippen molar-refractivity contribution in [3.63, 3.8) is 0 Å². The molecule has 5 heteroatoms. The molecule has 2 aliphatic heterocycles. The largest absolute Gasteiger partial charge is 0.329 e. The van der Waals surface area contributed by atoms with Gasteiger partial charge in [0.1, 0.15) is 0 Å². The van der Waals surface area contributed by atoms with Crippen LogP contribution in [0.15, 0.2) is 0 Å². The smallest absolute Gasteiger partial charge is 0.156 e. The summed E-state index contributed by atoms with van der Waals surface area (Å²) in [4.78, 5) is 0. The molecule has 2 aliphatic rings. The van der Waals surface area contributed by atoms with E-state index in [9.17, 15) is 8.42 Å². The van der Waals surface area contributed by atoms with Gasteiger partial charge in [-0.15, -0.1) is 0 Å². The Hall–Kier alpha value is -0.130. The van der Waals surface area contributed by atoms with Crippen molar-refractivity contribution >= 4 is 9.84 Å². The predicted octanol–water partition coefficient (Wildman–Crippen LogP) is -1.53. The van der Waals surface area contributed by atoms with Crippen LogP contribution in [0.3, 0.4) is 0 Å². The van der Waals surface area contributed by atoms with Gasteiger partial charge in [0.05, 0.1) is 11.0 Å². The van der Waals surface area contributed by atoms with E-state index in [0.29, 0.717) is 12.3 Å². The summed E-state index contributed by atoms with van der Waals surface area (Å²) in [5, 5.41) is 2.99. The lowest BCUT2D eigenvalue weighted by atomic mass is 10.2. The van der Waals surface area contributed by atoms with Gasteiger partial charge in [0, 0.05) is 18.6 Å². The van der Waals surface area contributed by atoms with Crippen LogP contribution in [0.5, 0.6) is 0 Å². The molecule has 0 radical (unpaired) electrons. The zero-order chi connectivity index (χ0) is 8.06. The van der Waals surface area contributed by atoms with E-state index in [1.165, 1.54) is 0 Å². The van der Waals surface area contributed by atoms with E-state index in [1.54, 1.807) is 0 Å². The van der Waals surface area contributed by atoms with Crippen molar-refractivity contribution < 1.29 is 8.42 Å². The number of nitrogens with two attached hydrogens (primary N) is 1. The Balaban J connectivity index is 2.28. The van der Waals surface area contributed by atoms with Gasteiger partial charge in [-0.3, -0.25) is 0 Å². The molecule has 0 aromatic heterocycles. The van der Waals surface area contributed by atoms with Crippen LogP contribution in [0, 0.1) is 0 Å². The number of nitrogens with one attached hydrogen (secondary N) is 1. The Labute approximate surface area is 66.1 Å². The molecule has 3 N–H and O–H groups in total. The highest BCUT2D eigenvalue weighted by molar-refractivity contribution is 7.92. The van der Waals surface area contributed by atoms with E-state index in [-0.39, 0.29) is 17.3 Å². The van der Waals surface area contributed by atoms with Gasteiger partial charge < -0.3 is 11.1 Å². The molecule has 0 aromatic rings. The number of hydrogen-bond donors (Lipinski definition) is 2. The lowest BCUT2D eigenvalue weighted by Crippen LogP contribution is -2.48. The van der Waals surface area contributed by atoms with Gasteiger partial charge in [0.15, 0.2) is 9.84 Å². The van der Waals surface area contributed by atoms with Crippen molar-refractivity contribution in [3.05, 3.63) is 0 Å². The third kappa shape index (κ3) is 0.988. The van der Waals surface area contributed by atoms with Crippen LogP contribution in [0.25, 0.3) is 0 Å². The Kier molecular flexibility index (Phi) is 1.49. The highest BCUT2D eigenvalue weighted by Gasteiger charge is 2.48. The van der Waals surface area contributed by atoms with E-state index < -0.39 is 9.84 Å². The lowest BCUT2D eigenvalue weighted by molar-refractivity contribution is 0.518. The van der Waals surface area contributed by atoms with Gasteiger partial charge in [-0.05, 0) is 6.42 Å². The first-order valence-electron chi connectivity index (χ1n) is 3.81. The Bertz CT molecular complexity index is 262. The normalized spacial score (nSPS) is 46.5. The molecule has 2 saturated heterocycles. The summed E-state index contributed by atoms with van der Waals surface area (Å²) < 4.78 is 22.6. The van der Waals surface area contributed by atoms with Crippen LogP contribution < -0.4 is 11.1 Å². The zero-order valence-electron chi connectivity index (χ0n) is 6.16. The zero-order valence-corrected chi connectivity index (χ0v) is 6.97. The van der Waals surface area contributed by atoms with Gasteiger partial charge >= 0.3 is 0 Å². The van der Waals surface area contributed by atoms with Crippen molar-refractivity contribution in [3.8, 4) is 0 Å². The third-order valence-electron chi connectivity index (χ3n) is 2.56. The first-order chi connectivity index (χ1) is 5.13. The van der Waals surface area contributed by atoms with Gasteiger partial charge in [-0.25, -0.2) is 8.42 Å². The average Bonchev–Trinajstić information content (AvgIpc) is 2.41. The standard InChI is InChI=1S/C6H12N2O2S/c7-2-5-6-1-4(8-5)3-11(6,9)10/h4-6,8H,1-3,7H2. The number of sulfone groups is 1. The monoisotopic (exact) mass is 176 g/mol. The number of hydrogen-bond acceptors (Lipinski definition) is 4. The highest BCUT2D eigenvalue weighted by Crippen LogP contribution is 2.29. The molecular formula is C6H12N2O2S. The van der Waals surface area contributed by atoms with E-state index >= 15 is 0 Å². The summed E-state index contributed by atoms with van der Waals surface area (Å²) in [7, 11) is -2.79. The molecule has 2 heterocycles. The SMILES string of the molecule is NCC1NC2CC1S(=O)(=O)C2. The predicted molar refractivity (Wildman–Crippen MR) is 42.0 cm³/mol. The van der Waals surface area contributed by atoms with Crippen molar-refractivity contribution in [1.29, 1.82) is 0 Å². The second-order valence-corrected chi connectivity index (χ2v) is 5.57. The minimum atomic E-state index is -2.79. The molecule has 2 bridgehead atoms. The molecule has 11 heavy (non-hydrogen) atoms. The van der Waals surface area contributed by atoms with Crippen LogP contribution in [0.2, 0.25) is 0 Å². The fourth-order valence-corrected chi connectivity index (χ4v) is 4.32. The molecule has 3 unspecified atom stereocenters. The molecule has 0 spiro atoms. The summed E-state index contributed by atoms with van der Waals surface area (Å²) in [6, 6.07) is 0.192. The minimum absolute atomic E-state index is 0.0127. The Morgan fingerprint density at radius 2 is 2.27 bits per heavy atom. The summed E-state index contributed by atoms with van der Waals surface area (Å²) in [5.74, 6) is 0.314. The quantitative estimate of drug-likeness (QED) is 0.508. The molecule has 0 aromatic carbocycles. The molecule has 64 valence electrons. The fraction of sp³-hybridized carbons (Fsp3) is 1.00. The molecule has 3 atom stereocenters. The maximum atomic E-state index is 11.3. The summed E-state index contributed by atoms with van der Waals surface area (Å²) in [6.45, 7) is 0.431. The van der Waals surface area contributed by atoms with Crippen molar-refractivity contribution in [1.82, 2.24) is 5.32 Å². The maximum absolute atomic E-state index is 11.3. The molecule has 0 saturated carbocycles. The first kappa shape index (κ1) is 7.52. The van der Waals surface area contributed by atoms with Gasteiger partial charge in [0.25, 0.3) is 0 Å². The third-order valence-corrected chi connectivity index (χ3v) is 4.87. The van der Waals surface area contributed by atoms with E-state index in [2.05, 4.69) is 5.32 Å². The first-order valence-corrected chi connectivity index (χ1v) is 5.53. The molecule has 0 aliphatic carbocycles. The lowest BCUT2D eigenvalue weighted by Gasteiger charge is -2.21. The molecule has 2 rings (SSSR count). The van der Waals surface area contributed by atoms with Gasteiger partial charge in [-0.2, -0.15) is 0 Å². The topological polar surface area (TPSA) is 72.2 Å². The summed E-state index contributed by atoms with van der Waals surface area (Å²) >= 11 is 0. The average molecular weight is 176 g/mol. The molecule has 4 nitrogen and oxygen atoms in total. The van der Waals surface area contributed by atoms with E-state index in [1.807, 2.05) is 0 Å². The molecular weight excluding hydrogens is 164 g/mol. The van der Waals surface area contributed by atoms with Crippen molar-refractivity contribution in [2.45, 2.75) is 23.8 Å². The van der Waals surface area contributed by atoms with Crippen LogP contribution in [-0.2, 0) is 9.84 Å². The second kappa shape index (κ2) is 2.18. The van der Waals surface area contributed by atoms with Crippen molar-refractivity contribution in [2.24, 2.45) is 5.73 Å². The van der Waals surface area contributed by atoms with Crippen LogP contribution in [0.4, 0.5) is 0 Å². The van der Waals surface area contributed by atoms with E-state index in [0.717, 1.165) is 6.42 Å². The molecule has 0 amide bonds. The Morgan fingerprint density at radius 3 is 2.64 bits per heavy atom. The summed E-state index contributed by atoms with van der Waals surface area (Å²) in [6.07, 6.45) is 0.768. The van der Waals surface area contributed by atoms with E-state index in [4.69, 9.17) is 5.73 Å². The maximum Gasteiger partial charge on any atom is 0.156 e. The minimum Gasteiger partial charge on any atom is -0.329 e. The van der Waals surface area contributed by atoms with Gasteiger partial charge in [-0.1, -0.05) is 0 Å².